The van der Waals surface area contributed by atoms with Crippen molar-refractivity contribution in [1.82, 2.24) is 14.5 Å². The Labute approximate surface area is 221 Å². The molecule has 1 saturated carbocycles. The van der Waals surface area contributed by atoms with Gasteiger partial charge >= 0.3 is 6.18 Å². The molecular weight excluding hydrogens is 578 g/mol. The highest BCUT2D eigenvalue weighted by Gasteiger charge is 2.40. The van der Waals surface area contributed by atoms with Crippen molar-refractivity contribution in [3.63, 3.8) is 0 Å². The van der Waals surface area contributed by atoms with Crippen molar-refractivity contribution in [1.29, 1.82) is 0 Å². The summed E-state index contributed by atoms with van der Waals surface area (Å²) in [5.74, 6) is -1.12. The van der Waals surface area contributed by atoms with Crippen LogP contribution >= 0.6 is 15.9 Å². The van der Waals surface area contributed by atoms with E-state index in [4.69, 9.17) is 4.74 Å². The van der Waals surface area contributed by atoms with Crippen molar-refractivity contribution in [3.05, 3.63) is 64.0 Å². The molecule has 0 radical (unpaired) electrons. The number of hydrogen-bond acceptors (Lipinski definition) is 4. The summed E-state index contributed by atoms with van der Waals surface area (Å²) in [5, 5.41) is 4.53. The van der Waals surface area contributed by atoms with Crippen LogP contribution in [0.25, 0.3) is 11.3 Å². The van der Waals surface area contributed by atoms with E-state index in [0.29, 0.717) is 27.4 Å². The zero-order chi connectivity index (χ0) is 27.3. The van der Waals surface area contributed by atoms with Gasteiger partial charge in [0, 0.05) is 21.7 Å². The molecular formula is C25H26BrF4N3O3S. The average Bonchev–Trinajstić information content (AvgIpc) is 3.54. The van der Waals surface area contributed by atoms with E-state index in [9.17, 15) is 26.0 Å². The second-order valence-corrected chi connectivity index (χ2v) is 12.5. The van der Waals surface area contributed by atoms with Crippen molar-refractivity contribution in [3.8, 4) is 17.0 Å². The first-order valence-corrected chi connectivity index (χ1v) is 13.7. The van der Waals surface area contributed by atoms with Gasteiger partial charge in [-0.05, 0) is 69.9 Å². The smallest absolute Gasteiger partial charge is 0.419 e. The van der Waals surface area contributed by atoms with Crippen LogP contribution in [-0.2, 0) is 21.7 Å². The predicted molar refractivity (Wildman–Crippen MR) is 134 cm³/mol. The van der Waals surface area contributed by atoms with Crippen LogP contribution in [0.2, 0.25) is 0 Å². The molecule has 4 rings (SSSR count). The average molecular weight is 604 g/mol. The lowest BCUT2D eigenvalue weighted by molar-refractivity contribution is -0.138. The molecule has 0 aliphatic heterocycles. The Morgan fingerprint density at radius 2 is 1.81 bits per heavy atom. The van der Waals surface area contributed by atoms with E-state index in [1.165, 1.54) is 12.1 Å². The van der Waals surface area contributed by atoms with Gasteiger partial charge in [0.1, 0.15) is 11.6 Å². The molecule has 0 spiro atoms. The van der Waals surface area contributed by atoms with Crippen LogP contribution < -0.4 is 9.46 Å². The molecule has 1 N–H and O–H groups in total. The van der Waals surface area contributed by atoms with Crippen LogP contribution in [0.4, 0.5) is 17.6 Å². The Balaban J connectivity index is 1.82. The van der Waals surface area contributed by atoms with E-state index in [0.717, 1.165) is 32.1 Å². The molecule has 2 aromatic carbocycles. The number of alkyl halides is 3. The maximum atomic E-state index is 14.3. The van der Waals surface area contributed by atoms with Gasteiger partial charge in [-0.2, -0.15) is 18.3 Å². The Morgan fingerprint density at radius 3 is 2.38 bits per heavy atom. The fraction of sp³-hybridized carbons (Fsp3) is 0.400. The highest BCUT2D eigenvalue weighted by molar-refractivity contribution is 9.10. The van der Waals surface area contributed by atoms with E-state index >= 15 is 0 Å². The number of ether oxygens (including phenoxy) is 1. The Morgan fingerprint density at radius 1 is 1.14 bits per heavy atom. The van der Waals surface area contributed by atoms with Crippen molar-refractivity contribution in [2.75, 3.05) is 7.11 Å². The normalized spacial score (nSPS) is 15.6. The number of nitrogens with one attached hydrogen (secondary N) is 1. The van der Waals surface area contributed by atoms with E-state index < -0.39 is 44.9 Å². The molecule has 3 aromatic rings. The Hall–Kier alpha value is -2.44. The summed E-state index contributed by atoms with van der Waals surface area (Å²) in [5.41, 5.74) is 0.00290. The third-order valence-electron chi connectivity index (χ3n) is 6.12. The maximum Gasteiger partial charge on any atom is 0.419 e. The maximum absolute atomic E-state index is 14.3. The molecule has 0 unspecified atom stereocenters. The first kappa shape index (κ1) is 27.6. The number of rotatable bonds is 7. The second-order valence-electron chi connectivity index (χ2n) is 9.95. The van der Waals surface area contributed by atoms with Crippen molar-refractivity contribution >= 4 is 26.0 Å². The summed E-state index contributed by atoms with van der Waals surface area (Å²) in [6, 6.07) is 5.94. The first-order chi connectivity index (χ1) is 17.1. The van der Waals surface area contributed by atoms with Crippen LogP contribution in [0, 0.1) is 11.7 Å². The summed E-state index contributed by atoms with van der Waals surface area (Å²) in [4.78, 5) is -0.361. The van der Waals surface area contributed by atoms with Gasteiger partial charge < -0.3 is 4.74 Å². The number of nitrogens with zero attached hydrogens (tertiary/aromatic N) is 2. The van der Waals surface area contributed by atoms with Crippen LogP contribution in [0.3, 0.4) is 0 Å². The molecule has 1 aromatic heterocycles. The molecule has 12 heteroatoms. The lowest BCUT2D eigenvalue weighted by Crippen LogP contribution is -2.31. The van der Waals surface area contributed by atoms with Crippen molar-refractivity contribution in [2.45, 2.75) is 56.3 Å². The summed E-state index contributed by atoms with van der Waals surface area (Å²) >= 11 is 3.47. The third-order valence-corrected chi connectivity index (χ3v) is 8.25. The van der Waals surface area contributed by atoms with Gasteiger partial charge in [0.15, 0.2) is 0 Å². The molecule has 0 bridgehead atoms. The highest BCUT2D eigenvalue weighted by Crippen LogP contribution is 2.46. The van der Waals surface area contributed by atoms with E-state index in [1.54, 1.807) is 16.9 Å². The molecule has 0 amide bonds. The molecule has 1 atom stereocenters. The molecule has 1 heterocycles. The zero-order valence-electron chi connectivity index (χ0n) is 20.5. The summed E-state index contributed by atoms with van der Waals surface area (Å²) in [6.07, 6.45) is -1.65. The summed E-state index contributed by atoms with van der Waals surface area (Å²) in [6.45, 7) is 5.77. The first-order valence-electron chi connectivity index (χ1n) is 11.4. The number of halogens is 5. The molecule has 37 heavy (non-hydrogen) atoms. The third kappa shape index (κ3) is 5.70. The minimum absolute atomic E-state index is 0.0604. The zero-order valence-corrected chi connectivity index (χ0v) is 22.9. The Kier molecular flexibility index (Phi) is 7.23. The van der Waals surface area contributed by atoms with Crippen LogP contribution in [0.5, 0.6) is 5.75 Å². The van der Waals surface area contributed by atoms with E-state index in [-0.39, 0.29) is 10.8 Å². The number of aromatic nitrogens is 2. The number of benzene rings is 2. The minimum atomic E-state index is -4.70. The Bertz CT molecular complexity index is 1430. The summed E-state index contributed by atoms with van der Waals surface area (Å²) in [7, 11) is -3.22. The predicted octanol–water partition coefficient (Wildman–Crippen LogP) is 6.66. The van der Waals surface area contributed by atoms with Crippen molar-refractivity contribution in [2.24, 2.45) is 5.92 Å². The highest BCUT2D eigenvalue weighted by atomic mass is 79.9. The minimum Gasteiger partial charge on any atom is -0.496 e. The molecule has 200 valence electrons. The SMILES string of the molecule is COc1cc(S(=O)(=O)N[C@@H](c2cnn(C(C)(C)C)c2-c2cc(F)ccc2Br)C2CC2)ccc1C(F)(F)F. The van der Waals surface area contributed by atoms with Gasteiger partial charge in [-0.15, -0.1) is 0 Å². The fourth-order valence-electron chi connectivity index (χ4n) is 4.20. The van der Waals surface area contributed by atoms with Crippen LogP contribution in [0.1, 0.15) is 50.8 Å². The topological polar surface area (TPSA) is 73.2 Å². The van der Waals surface area contributed by atoms with Gasteiger partial charge in [-0.1, -0.05) is 15.9 Å². The van der Waals surface area contributed by atoms with Gasteiger partial charge in [-0.25, -0.2) is 17.5 Å². The fourth-order valence-corrected chi connectivity index (χ4v) is 5.93. The van der Waals surface area contributed by atoms with Gasteiger partial charge in [0.25, 0.3) is 0 Å². The lowest BCUT2D eigenvalue weighted by atomic mass is 9.98. The summed E-state index contributed by atoms with van der Waals surface area (Å²) < 4.78 is 90.8. The van der Waals surface area contributed by atoms with Crippen LogP contribution in [0.15, 0.2) is 52.0 Å². The molecule has 6 nitrogen and oxygen atoms in total. The van der Waals surface area contributed by atoms with Gasteiger partial charge in [0.05, 0.1) is 41.0 Å². The van der Waals surface area contributed by atoms with Crippen molar-refractivity contribution < 1.29 is 30.7 Å². The van der Waals surface area contributed by atoms with Gasteiger partial charge in [-0.3, -0.25) is 4.68 Å². The van der Waals surface area contributed by atoms with Gasteiger partial charge in [0.2, 0.25) is 10.0 Å². The lowest BCUT2D eigenvalue weighted by Gasteiger charge is -2.26. The second kappa shape index (κ2) is 9.70. The molecule has 1 aliphatic carbocycles. The number of methoxy groups -OCH3 is 1. The van der Waals surface area contributed by atoms with E-state index in [2.05, 4.69) is 25.8 Å². The monoisotopic (exact) mass is 603 g/mol. The van der Waals surface area contributed by atoms with Crippen LogP contribution in [-0.4, -0.2) is 25.3 Å². The quantitative estimate of drug-likeness (QED) is 0.306. The molecule has 1 aliphatic rings. The van der Waals surface area contributed by atoms with E-state index in [1.807, 2.05) is 20.8 Å². The standard InChI is InChI=1S/C25H26BrF4N3O3S/c1-24(2,3)33-23(17-11-15(27)7-10-20(17)26)18(13-31-33)22(14-5-6-14)32-37(34,35)16-8-9-19(25(28,29)30)21(12-16)36-4/h7-14,22,32H,5-6H2,1-4H3/t22-/m1/s1. The molecule has 1 fully saturated rings. The number of hydrogen-bond donors (Lipinski definition) is 1. The number of sulfonamides is 1. The molecule has 0 saturated heterocycles. The largest absolute Gasteiger partial charge is 0.496 e.